The fourth-order valence-electron chi connectivity index (χ4n) is 1.40. The number of amides is 1. The fraction of sp³-hybridized carbons (Fsp3) is 0.200. The second kappa shape index (κ2) is 7.33. The summed E-state index contributed by atoms with van der Waals surface area (Å²) in [7, 11) is 0. The van der Waals surface area contributed by atoms with Crippen molar-refractivity contribution in [1.82, 2.24) is 0 Å². The second-order valence-electron chi connectivity index (χ2n) is 4.40. The smallest absolute Gasteiger partial charge is 0.226 e. The Kier molecular flexibility index (Phi) is 5.50. The molecule has 0 heterocycles. The lowest BCUT2D eigenvalue weighted by Gasteiger charge is -2.13. The quantitative estimate of drug-likeness (QED) is 0.822. The van der Waals surface area contributed by atoms with Crippen LogP contribution in [-0.4, -0.2) is 5.91 Å². The summed E-state index contributed by atoms with van der Waals surface area (Å²) >= 11 is 0. The van der Waals surface area contributed by atoms with E-state index in [0.717, 1.165) is 0 Å². The number of para-hydroxylation sites is 2. The Labute approximate surface area is 122 Å². The highest BCUT2D eigenvalue weighted by molar-refractivity contribution is 5.95. The number of nitriles is 3. The van der Waals surface area contributed by atoms with Gasteiger partial charge in [-0.3, -0.25) is 4.79 Å². The lowest BCUT2D eigenvalue weighted by molar-refractivity contribution is -0.118. The Morgan fingerprint density at radius 3 is 1.95 bits per heavy atom. The average Bonchev–Trinajstić information content (AvgIpc) is 2.48. The molecule has 0 bridgehead atoms. The molecule has 21 heavy (non-hydrogen) atoms. The summed E-state index contributed by atoms with van der Waals surface area (Å²) in [5.41, 5.74) is 0.430. The van der Waals surface area contributed by atoms with Crippen LogP contribution in [0.5, 0.6) is 0 Å². The van der Waals surface area contributed by atoms with Gasteiger partial charge in [-0.1, -0.05) is 26.0 Å². The first-order valence-corrected chi connectivity index (χ1v) is 6.15. The molecule has 0 aromatic heterocycles. The third kappa shape index (κ3) is 4.09. The summed E-state index contributed by atoms with van der Waals surface area (Å²) in [5, 5.41) is 32.0. The molecule has 1 aromatic rings. The van der Waals surface area contributed by atoms with Gasteiger partial charge in [0.15, 0.2) is 5.57 Å². The maximum Gasteiger partial charge on any atom is 0.226 e. The molecule has 6 heteroatoms. The number of anilines is 2. The van der Waals surface area contributed by atoms with Crippen molar-refractivity contribution in [2.45, 2.75) is 13.8 Å². The number of nitrogens with one attached hydrogen (secondary N) is 2. The number of rotatable bonds is 4. The third-order valence-electron chi connectivity index (χ3n) is 2.55. The molecule has 0 aliphatic carbocycles. The predicted molar refractivity (Wildman–Crippen MR) is 77.4 cm³/mol. The number of benzene rings is 1. The Morgan fingerprint density at radius 1 is 1.00 bits per heavy atom. The lowest BCUT2D eigenvalue weighted by atomic mass is 10.2. The first-order valence-electron chi connectivity index (χ1n) is 6.15. The molecule has 0 aliphatic rings. The van der Waals surface area contributed by atoms with E-state index in [4.69, 9.17) is 15.8 Å². The standard InChI is InChI=1S/C15H13N5O/c1-10(2)15(21)20-13-6-4-3-5-12(13)19-14(9-18)11(7-16)8-17/h3-6,10,19H,1-2H3,(H,20,21). The van der Waals surface area contributed by atoms with Gasteiger partial charge in [0.1, 0.15) is 23.9 Å². The molecule has 0 radical (unpaired) electrons. The summed E-state index contributed by atoms with van der Waals surface area (Å²) in [6, 6.07) is 11.8. The Balaban J connectivity index is 3.14. The molecular formula is C15H13N5O. The number of carbonyl (C=O) groups excluding carboxylic acids is 1. The lowest BCUT2D eigenvalue weighted by Crippen LogP contribution is -2.18. The summed E-state index contributed by atoms with van der Waals surface area (Å²) < 4.78 is 0. The predicted octanol–water partition coefficient (Wildman–Crippen LogP) is 2.52. The number of nitrogens with zero attached hydrogens (tertiary/aromatic N) is 3. The second-order valence-corrected chi connectivity index (χ2v) is 4.40. The van der Waals surface area contributed by atoms with E-state index in [-0.39, 0.29) is 23.1 Å². The third-order valence-corrected chi connectivity index (χ3v) is 2.55. The van der Waals surface area contributed by atoms with Crippen LogP contribution >= 0.6 is 0 Å². The number of hydrogen-bond donors (Lipinski definition) is 2. The zero-order chi connectivity index (χ0) is 15.8. The van der Waals surface area contributed by atoms with Gasteiger partial charge in [0, 0.05) is 5.92 Å². The Hall–Kier alpha value is -3.30. The van der Waals surface area contributed by atoms with Crippen LogP contribution in [0.1, 0.15) is 13.8 Å². The van der Waals surface area contributed by atoms with E-state index in [1.165, 1.54) is 0 Å². The van der Waals surface area contributed by atoms with E-state index >= 15 is 0 Å². The van der Waals surface area contributed by atoms with Gasteiger partial charge < -0.3 is 10.6 Å². The number of allylic oxidation sites excluding steroid dienone is 2. The van der Waals surface area contributed by atoms with Crippen molar-refractivity contribution < 1.29 is 4.79 Å². The van der Waals surface area contributed by atoms with Crippen molar-refractivity contribution >= 4 is 17.3 Å². The zero-order valence-corrected chi connectivity index (χ0v) is 11.6. The highest BCUT2D eigenvalue weighted by Gasteiger charge is 2.12. The highest BCUT2D eigenvalue weighted by atomic mass is 16.1. The molecule has 0 saturated carbocycles. The molecular weight excluding hydrogens is 266 g/mol. The molecule has 1 amide bonds. The van der Waals surface area contributed by atoms with Gasteiger partial charge in [0.25, 0.3) is 0 Å². The molecule has 0 fully saturated rings. The molecule has 104 valence electrons. The summed E-state index contributed by atoms with van der Waals surface area (Å²) in [4.78, 5) is 11.7. The van der Waals surface area contributed by atoms with Gasteiger partial charge in [-0.05, 0) is 12.1 Å². The minimum absolute atomic E-state index is 0.161. The normalized spacial score (nSPS) is 8.95. The number of hydrogen-bond acceptors (Lipinski definition) is 5. The van der Waals surface area contributed by atoms with Crippen LogP contribution in [0, 0.1) is 39.9 Å². The monoisotopic (exact) mass is 279 g/mol. The summed E-state index contributed by atoms with van der Waals surface area (Å²) in [6.07, 6.45) is 0. The average molecular weight is 279 g/mol. The van der Waals surface area contributed by atoms with Crippen LogP contribution in [-0.2, 0) is 4.79 Å². The maximum atomic E-state index is 11.7. The summed E-state index contributed by atoms with van der Waals surface area (Å²) in [5.74, 6) is -0.370. The van der Waals surface area contributed by atoms with E-state index < -0.39 is 0 Å². The zero-order valence-electron chi connectivity index (χ0n) is 11.6. The molecule has 6 nitrogen and oxygen atoms in total. The molecule has 0 spiro atoms. The molecule has 1 aromatic carbocycles. The van der Waals surface area contributed by atoms with Crippen molar-refractivity contribution in [2.75, 3.05) is 10.6 Å². The van der Waals surface area contributed by atoms with Gasteiger partial charge in [0.05, 0.1) is 11.4 Å². The highest BCUT2D eigenvalue weighted by Crippen LogP contribution is 2.23. The van der Waals surface area contributed by atoms with Crippen molar-refractivity contribution in [3.05, 3.63) is 35.5 Å². The van der Waals surface area contributed by atoms with E-state index in [2.05, 4.69) is 10.6 Å². The molecule has 2 N–H and O–H groups in total. The van der Waals surface area contributed by atoms with Crippen LogP contribution in [0.15, 0.2) is 35.5 Å². The molecule has 0 saturated heterocycles. The van der Waals surface area contributed by atoms with E-state index in [1.807, 2.05) is 0 Å². The van der Waals surface area contributed by atoms with Gasteiger partial charge in [-0.2, -0.15) is 15.8 Å². The SMILES string of the molecule is CC(C)C(=O)Nc1ccccc1NC(C#N)=C(C#N)C#N. The van der Waals surface area contributed by atoms with E-state index in [9.17, 15) is 4.79 Å². The van der Waals surface area contributed by atoms with Crippen LogP contribution < -0.4 is 10.6 Å². The number of carbonyl (C=O) groups is 1. The van der Waals surface area contributed by atoms with Gasteiger partial charge in [-0.15, -0.1) is 0 Å². The van der Waals surface area contributed by atoms with E-state index in [0.29, 0.717) is 11.4 Å². The van der Waals surface area contributed by atoms with Gasteiger partial charge in [-0.25, -0.2) is 0 Å². The minimum Gasteiger partial charge on any atom is -0.343 e. The Bertz CT molecular complexity index is 682. The Morgan fingerprint density at radius 2 is 1.52 bits per heavy atom. The van der Waals surface area contributed by atoms with Crippen LogP contribution in [0.3, 0.4) is 0 Å². The topological polar surface area (TPSA) is 112 Å². The van der Waals surface area contributed by atoms with Crippen molar-refractivity contribution in [3.63, 3.8) is 0 Å². The first kappa shape index (κ1) is 15.8. The minimum atomic E-state index is -0.317. The van der Waals surface area contributed by atoms with Crippen molar-refractivity contribution in [3.8, 4) is 18.2 Å². The van der Waals surface area contributed by atoms with Crippen molar-refractivity contribution in [2.24, 2.45) is 5.92 Å². The van der Waals surface area contributed by atoms with Crippen LogP contribution in [0.25, 0.3) is 0 Å². The van der Waals surface area contributed by atoms with Crippen molar-refractivity contribution in [1.29, 1.82) is 15.8 Å². The van der Waals surface area contributed by atoms with Gasteiger partial charge in [0.2, 0.25) is 5.91 Å². The largest absolute Gasteiger partial charge is 0.343 e. The summed E-state index contributed by atoms with van der Waals surface area (Å²) in [6.45, 7) is 3.52. The molecule has 0 unspecified atom stereocenters. The molecule has 0 aliphatic heterocycles. The van der Waals surface area contributed by atoms with Crippen LogP contribution in [0.4, 0.5) is 11.4 Å². The fourth-order valence-corrected chi connectivity index (χ4v) is 1.40. The molecule has 1 rings (SSSR count). The molecule has 0 atom stereocenters. The van der Waals surface area contributed by atoms with Crippen LogP contribution in [0.2, 0.25) is 0 Å². The maximum absolute atomic E-state index is 11.7. The van der Waals surface area contributed by atoms with Gasteiger partial charge >= 0.3 is 0 Å². The van der Waals surface area contributed by atoms with E-state index in [1.54, 1.807) is 56.3 Å². The first-order chi connectivity index (χ1) is 10.0.